The smallest absolute Gasteiger partial charge is 0.267 e. The number of para-hydroxylation sites is 1. The zero-order valence-corrected chi connectivity index (χ0v) is 30.7. The van der Waals surface area contributed by atoms with E-state index in [0.717, 1.165) is 23.1 Å². The van der Waals surface area contributed by atoms with Crippen molar-refractivity contribution >= 4 is 92.9 Å². The first kappa shape index (κ1) is 35.9. The van der Waals surface area contributed by atoms with Crippen molar-refractivity contribution in [2.75, 3.05) is 10.3 Å². The molecule has 2 N–H and O–H groups in total. The molecule has 12 heteroatoms. The van der Waals surface area contributed by atoms with Gasteiger partial charge in [-0.05, 0) is 80.8 Å². The van der Waals surface area contributed by atoms with Crippen LogP contribution in [0.25, 0.3) is 0 Å². The number of rotatable bonds is 10. The topological polar surface area (TPSA) is 83.0 Å². The molecule has 1 aliphatic rings. The minimum absolute atomic E-state index is 0.0774. The van der Waals surface area contributed by atoms with Gasteiger partial charge in [-0.1, -0.05) is 96.1 Å². The van der Waals surface area contributed by atoms with Crippen LogP contribution in [0.2, 0.25) is 20.1 Å². The Morgan fingerprint density at radius 2 is 1.62 bits per heavy atom. The van der Waals surface area contributed by atoms with Crippen LogP contribution in [0.1, 0.15) is 37.0 Å². The molecular weight excluding hydrogens is 710 g/mol. The van der Waals surface area contributed by atoms with Crippen LogP contribution in [0.15, 0.2) is 82.7 Å². The molecule has 4 aromatic carbocycles. The number of amides is 2. The Kier molecular flexibility index (Phi) is 11.5. The number of ether oxygens (including phenoxy) is 1. The van der Waals surface area contributed by atoms with Crippen molar-refractivity contribution in [3.63, 3.8) is 0 Å². The van der Waals surface area contributed by atoms with E-state index in [9.17, 15) is 9.59 Å². The lowest BCUT2D eigenvalue weighted by Crippen LogP contribution is -2.38. The number of halogens is 4. The number of aliphatic imine (C=N–C) groups is 1. The molecule has 1 saturated heterocycles. The number of hydrogen-bond donors (Lipinski definition) is 2. The van der Waals surface area contributed by atoms with Gasteiger partial charge in [0.15, 0.2) is 6.10 Å². The fraction of sp³-hybridized carbons (Fsp3) is 0.250. The van der Waals surface area contributed by atoms with Crippen molar-refractivity contribution in [2.24, 2.45) is 10.9 Å². The average molecular weight is 745 g/mol. The maximum absolute atomic E-state index is 14.2. The van der Waals surface area contributed by atoms with Gasteiger partial charge in [-0.15, -0.1) is 11.8 Å². The van der Waals surface area contributed by atoms with Crippen LogP contribution >= 0.6 is 58.2 Å². The summed E-state index contributed by atoms with van der Waals surface area (Å²) in [6.07, 6.45) is -0.0243. The second-order valence-electron chi connectivity index (χ2n) is 11.6. The molecule has 5 rings (SSSR count). The Labute approximate surface area is 304 Å². The summed E-state index contributed by atoms with van der Waals surface area (Å²) in [4.78, 5) is 33.4. The number of benzene rings is 4. The number of thioether (sulfide) groups is 1. The summed E-state index contributed by atoms with van der Waals surface area (Å²) in [6.45, 7) is 9.90. The van der Waals surface area contributed by atoms with E-state index in [4.69, 9.17) is 56.1 Å². The molecule has 0 aromatic heterocycles. The molecule has 1 aliphatic heterocycles. The predicted molar refractivity (Wildman–Crippen MR) is 200 cm³/mol. The normalized spacial score (nSPS) is 16.5. The average Bonchev–Trinajstić information content (AvgIpc) is 3.32. The number of carbonyl (C=O) groups excluding carboxylic acids is 2. The second kappa shape index (κ2) is 15.4. The molecule has 1 heterocycles. The van der Waals surface area contributed by atoms with Gasteiger partial charge in [0.05, 0.1) is 26.4 Å². The third-order valence-electron chi connectivity index (χ3n) is 7.86. The van der Waals surface area contributed by atoms with Crippen LogP contribution < -0.4 is 20.5 Å². The molecule has 2 amide bonds. The van der Waals surface area contributed by atoms with E-state index in [-0.39, 0.29) is 33.5 Å². The van der Waals surface area contributed by atoms with E-state index in [0.29, 0.717) is 37.9 Å². The predicted octanol–water partition coefficient (Wildman–Crippen LogP) is 10.4. The van der Waals surface area contributed by atoms with Gasteiger partial charge in [-0.2, -0.15) is 0 Å². The van der Waals surface area contributed by atoms with Crippen molar-refractivity contribution in [2.45, 2.75) is 57.3 Å². The van der Waals surface area contributed by atoms with Gasteiger partial charge >= 0.3 is 0 Å². The highest BCUT2D eigenvalue weighted by atomic mass is 35.5. The first-order valence-electron chi connectivity index (χ1n) is 15.3. The number of hydrogen-bond acceptors (Lipinski definition) is 5. The third kappa shape index (κ3) is 8.07. The minimum atomic E-state index is -0.890. The Morgan fingerprint density at radius 1 is 0.958 bits per heavy atom. The molecule has 3 unspecified atom stereocenters. The highest BCUT2D eigenvalue weighted by Crippen LogP contribution is 2.41. The van der Waals surface area contributed by atoms with Crippen LogP contribution in [0.3, 0.4) is 0 Å². The number of aryl methyl sites for hydroxylation is 3. The van der Waals surface area contributed by atoms with E-state index in [1.54, 1.807) is 12.1 Å². The maximum Gasteiger partial charge on any atom is 0.267 e. The fourth-order valence-corrected chi connectivity index (χ4v) is 7.34. The largest absolute Gasteiger partial charge is 0.480 e. The monoisotopic (exact) mass is 742 g/mol. The number of anilines is 2. The van der Waals surface area contributed by atoms with E-state index >= 15 is 0 Å². The molecule has 1 fully saturated rings. The van der Waals surface area contributed by atoms with Crippen LogP contribution in [0.4, 0.5) is 17.1 Å². The van der Waals surface area contributed by atoms with Crippen LogP contribution in [0.5, 0.6) is 5.75 Å². The summed E-state index contributed by atoms with van der Waals surface area (Å²) in [7, 11) is 0. The maximum atomic E-state index is 14.2. The van der Waals surface area contributed by atoms with Crippen LogP contribution in [-0.2, 0) is 9.59 Å². The Balaban J connectivity index is 1.49. The van der Waals surface area contributed by atoms with Gasteiger partial charge in [0.2, 0.25) is 0 Å². The molecular formula is C36H34Cl4N4O3S. The highest BCUT2D eigenvalue weighted by molar-refractivity contribution is 8.01. The van der Waals surface area contributed by atoms with Crippen molar-refractivity contribution in [3.05, 3.63) is 110 Å². The van der Waals surface area contributed by atoms with E-state index in [1.807, 2.05) is 83.1 Å². The van der Waals surface area contributed by atoms with Gasteiger partial charge in [0, 0.05) is 15.8 Å². The summed E-state index contributed by atoms with van der Waals surface area (Å²) in [6, 6.07) is 21.6. The molecule has 7 nitrogen and oxygen atoms in total. The lowest BCUT2D eigenvalue weighted by Gasteiger charge is -2.25. The Morgan fingerprint density at radius 3 is 2.31 bits per heavy atom. The quantitative estimate of drug-likeness (QED) is 0.169. The molecule has 48 heavy (non-hydrogen) atoms. The standard InChI is InChI=1S/C36H34Cl4N4O3S/c1-6-21(4)32(47-29-14-12-19(2)15-22(29)5)35(45)42-27-9-7-8-10-30(27)48-33-34(41-28-16-20(3)11-13-24(28)38)43-44(36(33)46)31-25(39)17-23(37)18-26(31)40/h7-18,21,32-33H,6H2,1-5H3,(H,41,43)(H,42,45). The number of hydrazine groups is 1. The molecule has 0 saturated carbocycles. The van der Waals surface area contributed by atoms with Crippen molar-refractivity contribution in [1.82, 2.24) is 5.43 Å². The number of nitrogens with zero attached hydrogens (tertiary/aromatic N) is 2. The number of carbonyl (C=O) groups is 2. The summed E-state index contributed by atoms with van der Waals surface area (Å²) < 4.78 is 6.32. The molecule has 250 valence electrons. The van der Waals surface area contributed by atoms with Crippen LogP contribution in [0, 0.1) is 26.7 Å². The molecule has 0 bridgehead atoms. The van der Waals surface area contributed by atoms with Crippen molar-refractivity contribution in [3.8, 4) is 5.75 Å². The van der Waals surface area contributed by atoms with Gasteiger partial charge in [-0.25, -0.2) is 10.0 Å². The first-order valence-corrected chi connectivity index (χ1v) is 17.7. The van der Waals surface area contributed by atoms with Crippen molar-refractivity contribution < 1.29 is 14.3 Å². The summed E-state index contributed by atoms with van der Waals surface area (Å²) in [5.41, 5.74) is 7.34. The summed E-state index contributed by atoms with van der Waals surface area (Å²) in [5, 5.41) is 4.54. The number of amidine groups is 1. The molecule has 0 radical (unpaired) electrons. The minimum Gasteiger partial charge on any atom is -0.480 e. The van der Waals surface area contributed by atoms with Gasteiger partial charge in [0.1, 0.15) is 22.5 Å². The van der Waals surface area contributed by atoms with Gasteiger partial charge < -0.3 is 10.1 Å². The number of nitrogens with one attached hydrogen (secondary N) is 2. The first-order chi connectivity index (χ1) is 22.9. The molecule has 0 aliphatic carbocycles. The highest BCUT2D eigenvalue weighted by Gasteiger charge is 2.41. The second-order valence-corrected chi connectivity index (χ2v) is 14.4. The lowest BCUT2D eigenvalue weighted by molar-refractivity contribution is -0.124. The molecule has 3 atom stereocenters. The SMILES string of the molecule is CCC(C)C(Oc1ccc(C)cc1C)C(=O)Nc1ccccc1SC1C(=O)N(c2c(Cl)cc(Cl)cc2Cl)NC1=Nc1cc(C)ccc1Cl. The Bertz CT molecular complexity index is 1880. The van der Waals surface area contributed by atoms with Gasteiger partial charge in [0.25, 0.3) is 11.8 Å². The van der Waals surface area contributed by atoms with E-state index in [2.05, 4.69) is 10.7 Å². The van der Waals surface area contributed by atoms with E-state index < -0.39 is 11.4 Å². The molecule has 0 spiro atoms. The summed E-state index contributed by atoms with van der Waals surface area (Å²) >= 11 is 27.0. The Hall–Kier alpha value is -3.40. The fourth-order valence-electron chi connectivity index (χ4n) is 5.12. The van der Waals surface area contributed by atoms with Crippen molar-refractivity contribution in [1.29, 1.82) is 0 Å². The molecule has 4 aromatic rings. The van der Waals surface area contributed by atoms with Crippen LogP contribution in [-0.4, -0.2) is 29.0 Å². The zero-order chi connectivity index (χ0) is 34.7. The van der Waals surface area contributed by atoms with E-state index in [1.165, 1.54) is 28.9 Å². The van der Waals surface area contributed by atoms with Gasteiger partial charge in [-0.3, -0.25) is 15.0 Å². The third-order valence-corrected chi connectivity index (χ3v) is 10.2. The lowest BCUT2D eigenvalue weighted by atomic mass is 10.0. The summed E-state index contributed by atoms with van der Waals surface area (Å²) in [5.74, 6) is 0.199. The zero-order valence-electron chi connectivity index (χ0n) is 26.9.